The normalized spacial score (nSPS) is 16.8. The van der Waals surface area contributed by atoms with Gasteiger partial charge in [-0.3, -0.25) is 4.79 Å². The van der Waals surface area contributed by atoms with Gasteiger partial charge in [0.05, 0.1) is 5.56 Å². The lowest BCUT2D eigenvalue weighted by Gasteiger charge is -2.34. The predicted octanol–water partition coefficient (Wildman–Crippen LogP) is 3.01. The molecule has 1 aromatic carbocycles. The Hall–Kier alpha value is -1.63. The standard InChI is InChI=1S/C14H15F4NO2/c15-12-4-2-1-3-11(12)13(20)19(9-14(16,17)18)10-5-7-21-8-6-10/h1-4,10H,5-9H2. The van der Waals surface area contributed by atoms with Gasteiger partial charge in [0.25, 0.3) is 5.91 Å². The fraction of sp³-hybridized carbons (Fsp3) is 0.500. The van der Waals surface area contributed by atoms with E-state index in [1.165, 1.54) is 18.2 Å². The molecule has 0 bridgehead atoms. The smallest absolute Gasteiger partial charge is 0.381 e. The van der Waals surface area contributed by atoms with Crippen LogP contribution in [-0.2, 0) is 4.74 Å². The largest absolute Gasteiger partial charge is 0.406 e. The summed E-state index contributed by atoms with van der Waals surface area (Å²) < 4.78 is 56.9. The first-order valence-corrected chi connectivity index (χ1v) is 6.58. The highest BCUT2D eigenvalue weighted by Crippen LogP contribution is 2.24. The van der Waals surface area contributed by atoms with Gasteiger partial charge < -0.3 is 9.64 Å². The summed E-state index contributed by atoms with van der Waals surface area (Å²) in [6.07, 6.45) is -3.90. The Bertz CT molecular complexity index is 498. The van der Waals surface area contributed by atoms with Crippen molar-refractivity contribution in [1.82, 2.24) is 4.90 Å². The average Bonchev–Trinajstić information content (AvgIpc) is 2.45. The zero-order valence-corrected chi connectivity index (χ0v) is 11.2. The van der Waals surface area contributed by atoms with Crippen molar-refractivity contribution < 1.29 is 27.1 Å². The van der Waals surface area contributed by atoms with E-state index in [4.69, 9.17) is 4.74 Å². The molecule has 1 aliphatic heterocycles. The minimum atomic E-state index is -4.53. The molecular formula is C14H15F4NO2. The second kappa shape index (κ2) is 6.43. The number of hydrogen-bond donors (Lipinski definition) is 0. The molecule has 0 unspecified atom stereocenters. The van der Waals surface area contributed by atoms with Gasteiger partial charge in [0.2, 0.25) is 0 Å². The number of hydrogen-bond acceptors (Lipinski definition) is 2. The van der Waals surface area contributed by atoms with Crippen molar-refractivity contribution in [2.75, 3.05) is 19.8 Å². The molecular weight excluding hydrogens is 290 g/mol. The van der Waals surface area contributed by atoms with Gasteiger partial charge in [-0.1, -0.05) is 12.1 Å². The molecule has 0 saturated carbocycles. The minimum absolute atomic E-state index is 0.295. The molecule has 1 aliphatic rings. The average molecular weight is 305 g/mol. The fourth-order valence-electron chi connectivity index (χ4n) is 2.35. The van der Waals surface area contributed by atoms with Crippen molar-refractivity contribution in [3.05, 3.63) is 35.6 Å². The number of amides is 1. The molecule has 1 amide bonds. The van der Waals surface area contributed by atoms with Crippen LogP contribution in [0.2, 0.25) is 0 Å². The molecule has 1 saturated heterocycles. The summed E-state index contributed by atoms with van der Waals surface area (Å²) in [5.41, 5.74) is -0.340. The Morgan fingerprint density at radius 1 is 1.24 bits per heavy atom. The fourth-order valence-corrected chi connectivity index (χ4v) is 2.35. The zero-order chi connectivity index (χ0) is 15.5. The number of alkyl halides is 3. The van der Waals surface area contributed by atoms with E-state index in [9.17, 15) is 22.4 Å². The quantitative estimate of drug-likeness (QED) is 0.803. The first-order chi connectivity index (χ1) is 9.88. The summed E-state index contributed by atoms with van der Waals surface area (Å²) in [7, 11) is 0. The van der Waals surface area contributed by atoms with Gasteiger partial charge >= 0.3 is 6.18 Å². The van der Waals surface area contributed by atoms with E-state index < -0.39 is 30.5 Å². The Kier molecular flexibility index (Phi) is 4.82. The van der Waals surface area contributed by atoms with Crippen molar-refractivity contribution in [1.29, 1.82) is 0 Å². The number of benzene rings is 1. The summed E-state index contributed by atoms with van der Waals surface area (Å²) in [6, 6.07) is 4.47. The third kappa shape index (κ3) is 4.17. The maximum Gasteiger partial charge on any atom is 0.406 e. The first-order valence-electron chi connectivity index (χ1n) is 6.58. The molecule has 0 N–H and O–H groups in total. The van der Waals surface area contributed by atoms with Gasteiger partial charge in [-0.25, -0.2) is 4.39 Å². The molecule has 21 heavy (non-hydrogen) atoms. The van der Waals surface area contributed by atoms with Crippen molar-refractivity contribution in [2.45, 2.75) is 25.1 Å². The Morgan fingerprint density at radius 2 is 1.86 bits per heavy atom. The topological polar surface area (TPSA) is 29.5 Å². The lowest BCUT2D eigenvalue weighted by atomic mass is 10.0. The van der Waals surface area contributed by atoms with E-state index in [0.29, 0.717) is 31.0 Å². The molecule has 0 aliphatic carbocycles. The number of halogens is 4. The predicted molar refractivity (Wildman–Crippen MR) is 67.3 cm³/mol. The van der Waals surface area contributed by atoms with Gasteiger partial charge in [0.15, 0.2) is 0 Å². The second-order valence-corrected chi connectivity index (χ2v) is 4.87. The SMILES string of the molecule is O=C(c1ccccc1F)N(CC(F)(F)F)C1CCOCC1. The Balaban J connectivity index is 2.25. The lowest BCUT2D eigenvalue weighted by molar-refractivity contribution is -0.147. The monoisotopic (exact) mass is 305 g/mol. The van der Waals surface area contributed by atoms with Crippen LogP contribution in [0.4, 0.5) is 17.6 Å². The molecule has 0 aromatic heterocycles. The Morgan fingerprint density at radius 3 is 2.43 bits per heavy atom. The summed E-state index contributed by atoms with van der Waals surface area (Å²) in [4.78, 5) is 13.0. The van der Waals surface area contributed by atoms with Crippen LogP contribution in [0.25, 0.3) is 0 Å². The molecule has 3 nitrogen and oxygen atoms in total. The van der Waals surface area contributed by atoms with Crippen LogP contribution in [-0.4, -0.2) is 42.8 Å². The van der Waals surface area contributed by atoms with E-state index in [-0.39, 0.29) is 5.56 Å². The first kappa shape index (κ1) is 15.8. The minimum Gasteiger partial charge on any atom is -0.381 e. The third-order valence-electron chi connectivity index (χ3n) is 3.35. The van der Waals surface area contributed by atoms with Crippen molar-refractivity contribution in [3.8, 4) is 0 Å². The van der Waals surface area contributed by atoms with Gasteiger partial charge in [0.1, 0.15) is 12.4 Å². The zero-order valence-electron chi connectivity index (χ0n) is 11.2. The van der Waals surface area contributed by atoms with E-state index >= 15 is 0 Å². The Labute approximate surface area is 119 Å². The molecule has 0 atom stereocenters. The van der Waals surface area contributed by atoms with Gasteiger partial charge in [0, 0.05) is 19.3 Å². The highest BCUT2D eigenvalue weighted by Gasteiger charge is 2.37. The second-order valence-electron chi connectivity index (χ2n) is 4.87. The van der Waals surface area contributed by atoms with Crippen LogP contribution in [0.3, 0.4) is 0 Å². The van der Waals surface area contributed by atoms with Gasteiger partial charge in [-0.05, 0) is 25.0 Å². The number of carbonyl (C=O) groups excluding carboxylic acids is 1. The van der Waals surface area contributed by atoms with Crippen LogP contribution in [0.15, 0.2) is 24.3 Å². The van der Waals surface area contributed by atoms with Crippen LogP contribution >= 0.6 is 0 Å². The molecule has 1 aromatic rings. The molecule has 0 spiro atoms. The van der Waals surface area contributed by atoms with E-state index in [2.05, 4.69) is 0 Å². The maximum absolute atomic E-state index is 13.6. The highest BCUT2D eigenvalue weighted by molar-refractivity contribution is 5.94. The van der Waals surface area contributed by atoms with Crippen LogP contribution in [0.5, 0.6) is 0 Å². The maximum atomic E-state index is 13.6. The van der Waals surface area contributed by atoms with Crippen LogP contribution in [0, 0.1) is 5.82 Å². The van der Waals surface area contributed by atoms with Gasteiger partial charge in [-0.15, -0.1) is 0 Å². The summed E-state index contributed by atoms with van der Waals surface area (Å²) in [5.74, 6) is -1.75. The van der Waals surface area contributed by atoms with Gasteiger partial charge in [-0.2, -0.15) is 13.2 Å². The number of rotatable bonds is 3. The molecule has 1 heterocycles. The summed E-state index contributed by atoms with van der Waals surface area (Å²) in [5, 5.41) is 0. The van der Waals surface area contributed by atoms with E-state index in [1.807, 2.05) is 0 Å². The molecule has 7 heteroatoms. The molecule has 0 radical (unpaired) electrons. The van der Waals surface area contributed by atoms with Crippen LogP contribution in [0.1, 0.15) is 23.2 Å². The van der Waals surface area contributed by atoms with E-state index in [0.717, 1.165) is 6.07 Å². The summed E-state index contributed by atoms with van der Waals surface area (Å²) >= 11 is 0. The molecule has 2 rings (SSSR count). The van der Waals surface area contributed by atoms with Crippen LogP contribution < -0.4 is 0 Å². The number of nitrogens with zero attached hydrogens (tertiary/aromatic N) is 1. The molecule has 1 fully saturated rings. The molecule has 116 valence electrons. The third-order valence-corrected chi connectivity index (χ3v) is 3.35. The summed E-state index contributed by atoms with van der Waals surface area (Å²) in [6.45, 7) is -0.794. The lowest BCUT2D eigenvalue weighted by Crippen LogP contribution is -2.48. The number of carbonyl (C=O) groups is 1. The van der Waals surface area contributed by atoms with Crippen molar-refractivity contribution in [3.63, 3.8) is 0 Å². The number of ether oxygens (including phenoxy) is 1. The highest BCUT2D eigenvalue weighted by atomic mass is 19.4. The van der Waals surface area contributed by atoms with E-state index in [1.54, 1.807) is 0 Å². The van der Waals surface area contributed by atoms with Crippen molar-refractivity contribution in [2.24, 2.45) is 0 Å². The van der Waals surface area contributed by atoms with Crippen molar-refractivity contribution >= 4 is 5.91 Å².